The van der Waals surface area contributed by atoms with Gasteiger partial charge in [-0.3, -0.25) is 14.4 Å². The summed E-state index contributed by atoms with van der Waals surface area (Å²) in [6, 6.07) is 0. The number of imidazole rings is 1. The average Bonchev–Trinajstić information content (AvgIpc) is 3.31. The van der Waals surface area contributed by atoms with Crippen LogP contribution in [0.3, 0.4) is 0 Å². The van der Waals surface area contributed by atoms with Gasteiger partial charge in [-0.1, -0.05) is 0 Å². The summed E-state index contributed by atoms with van der Waals surface area (Å²) in [7, 11) is 1.59. The van der Waals surface area contributed by atoms with Gasteiger partial charge in [0.1, 0.15) is 24.6 Å². The van der Waals surface area contributed by atoms with Gasteiger partial charge in [-0.15, -0.1) is 0 Å². The summed E-state index contributed by atoms with van der Waals surface area (Å²) in [6.45, 7) is 3.03. The number of hydrogen-bond acceptors (Lipinski definition) is 13. The quantitative estimate of drug-likeness (QED) is 0.231. The number of aromatic nitrogens is 4. The molecule has 0 aliphatic carbocycles. The largest absolute Gasteiger partial charge is 0.463 e. The predicted molar refractivity (Wildman–Crippen MR) is 104 cm³/mol. The minimum atomic E-state index is -1.16. The Labute approximate surface area is 182 Å². The van der Waals surface area contributed by atoms with Gasteiger partial charge < -0.3 is 28.7 Å². The summed E-state index contributed by atoms with van der Waals surface area (Å²) in [4.78, 5) is 55.0. The molecule has 2 aromatic rings. The third-order valence-electron chi connectivity index (χ3n) is 4.30. The lowest BCUT2D eigenvalue weighted by atomic mass is 10.1. The fourth-order valence-corrected chi connectivity index (χ4v) is 3.04. The minimum Gasteiger partial charge on any atom is -0.463 e. The molecule has 14 nitrogen and oxygen atoms in total. The zero-order valence-electron chi connectivity index (χ0n) is 17.8. The predicted octanol–water partition coefficient (Wildman–Crippen LogP) is -0.154. The Bertz CT molecular complexity index is 967. The number of carbonyl (C=O) groups is 3. The molecule has 174 valence electrons. The fourth-order valence-electron chi connectivity index (χ4n) is 3.04. The van der Waals surface area contributed by atoms with Crippen LogP contribution in [0.25, 0.3) is 11.2 Å². The Kier molecular flexibility index (Phi) is 7.50. The summed E-state index contributed by atoms with van der Waals surface area (Å²) >= 11 is 0. The molecule has 14 heteroatoms. The molecular weight excluding hydrogens is 430 g/mol. The van der Waals surface area contributed by atoms with Crippen molar-refractivity contribution in [3.8, 4) is 0 Å². The number of esters is 3. The zero-order chi connectivity index (χ0) is 23.3. The van der Waals surface area contributed by atoms with E-state index in [1.807, 2.05) is 0 Å². The first-order valence-corrected chi connectivity index (χ1v) is 9.52. The van der Waals surface area contributed by atoms with Crippen molar-refractivity contribution in [2.24, 2.45) is 0 Å². The van der Waals surface area contributed by atoms with Crippen molar-refractivity contribution in [1.29, 1.82) is 0 Å². The van der Waals surface area contributed by atoms with Crippen LogP contribution in [-0.2, 0) is 42.9 Å². The Hall–Kier alpha value is -3.36. The molecule has 0 spiro atoms. The summed E-state index contributed by atoms with van der Waals surface area (Å²) < 4.78 is 26.7. The molecule has 0 amide bonds. The molecule has 3 heterocycles. The molecule has 1 saturated heterocycles. The molecule has 1 unspecified atom stereocenters. The van der Waals surface area contributed by atoms with E-state index in [1.165, 1.54) is 38.5 Å². The number of hydrogen-bond donors (Lipinski definition) is 1. The first kappa shape index (κ1) is 23.3. The lowest BCUT2D eigenvalue weighted by molar-refractivity contribution is -0.222. The number of fused-ring (bicyclic) bond motifs is 1. The highest BCUT2D eigenvalue weighted by atomic mass is 16.8. The smallest absolute Gasteiger partial charge is 0.303 e. The summed E-state index contributed by atoms with van der Waals surface area (Å²) in [5.74, 6) is -1.42. The first-order chi connectivity index (χ1) is 15.3. The van der Waals surface area contributed by atoms with Crippen LogP contribution in [0.15, 0.2) is 12.7 Å². The van der Waals surface area contributed by atoms with Gasteiger partial charge in [0.05, 0.1) is 6.33 Å². The lowest BCUT2D eigenvalue weighted by Gasteiger charge is -2.24. The van der Waals surface area contributed by atoms with E-state index in [2.05, 4.69) is 19.9 Å². The van der Waals surface area contributed by atoms with Crippen molar-refractivity contribution in [1.82, 2.24) is 19.9 Å². The van der Waals surface area contributed by atoms with Gasteiger partial charge in [0.2, 0.25) is 6.29 Å². The number of aromatic amines is 1. The van der Waals surface area contributed by atoms with Crippen molar-refractivity contribution < 1.29 is 42.9 Å². The van der Waals surface area contributed by atoms with E-state index in [1.54, 1.807) is 7.05 Å². The van der Waals surface area contributed by atoms with Crippen LogP contribution in [-0.4, -0.2) is 82.9 Å². The van der Waals surface area contributed by atoms with E-state index in [9.17, 15) is 14.4 Å². The van der Waals surface area contributed by atoms with Crippen LogP contribution >= 0.6 is 0 Å². The minimum absolute atomic E-state index is 0.232. The average molecular weight is 453 g/mol. The molecule has 1 aliphatic heterocycles. The van der Waals surface area contributed by atoms with Gasteiger partial charge in [-0.05, 0) is 0 Å². The maximum absolute atomic E-state index is 11.6. The normalized spacial score (nSPS) is 22.5. The highest BCUT2D eigenvalue weighted by Gasteiger charge is 2.50. The molecule has 1 fully saturated rings. The number of ether oxygens (including phenoxy) is 5. The molecular formula is C18H23N5O9. The highest BCUT2D eigenvalue weighted by Crippen LogP contribution is 2.29. The van der Waals surface area contributed by atoms with E-state index in [0.717, 1.165) is 0 Å². The van der Waals surface area contributed by atoms with Crippen LogP contribution in [0.4, 0.5) is 5.82 Å². The lowest BCUT2D eigenvalue weighted by Crippen LogP contribution is -2.42. The molecule has 1 aliphatic rings. The highest BCUT2D eigenvalue weighted by molar-refractivity contribution is 5.81. The summed E-state index contributed by atoms with van der Waals surface area (Å²) in [6.07, 6.45) is -1.42. The topological polar surface area (TPSA) is 164 Å². The Morgan fingerprint density at radius 3 is 2.47 bits per heavy atom. The van der Waals surface area contributed by atoms with Crippen molar-refractivity contribution in [3.05, 3.63) is 12.7 Å². The second-order valence-electron chi connectivity index (χ2n) is 6.70. The Morgan fingerprint density at radius 1 is 1.06 bits per heavy atom. The Morgan fingerprint density at radius 2 is 1.78 bits per heavy atom. The molecule has 2 aromatic heterocycles. The molecule has 0 bridgehead atoms. The van der Waals surface area contributed by atoms with Crippen LogP contribution in [0.1, 0.15) is 20.8 Å². The van der Waals surface area contributed by atoms with Gasteiger partial charge in [0.15, 0.2) is 30.5 Å². The summed E-state index contributed by atoms with van der Waals surface area (Å²) in [5.41, 5.74) is 1.01. The van der Waals surface area contributed by atoms with Gasteiger partial charge >= 0.3 is 17.9 Å². The van der Waals surface area contributed by atoms with Crippen molar-refractivity contribution in [2.45, 2.75) is 45.4 Å². The maximum atomic E-state index is 11.6. The monoisotopic (exact) mass is 453 g/mol. The van der Waals surface area contributed by atoms with E-state index in [-0.39, 0.29) is 13.4 Å². The van der Waals surface area contributed by atoms with E-state index in [0.29, 0.717) is 17.0 Å². The van der Waals surface area contributed by atoms with Gasteiger partial charge in [0.25, 0.3) is 0 Å². The van der Waals surface area contributed by atoms with Crippen molar-refractivity contribution in [2.75, 3.05) is 25.5 Å². The number of hydroxylamine groups is 1. The van der Waals surface area contributed by atoms with E-state index < -0.39 is 42.5 Å². The van der Waals surface area contributed by atoms with Gasteiger partial charge in [-0.25, -0.2) is 24.9 Å². The number of carbonyl (C=O) groups excluding carboxylic acids is 3. The van der Waals surface area contributed by atoms with E-state index >= 15 is 0 Å². The summed E-state index contributed by atoms with van der Waals surface area (Å²) in [5, 5.41) is 1.33. The molecule has 1 N–H and O–H groups in total. The van der Waals surface area contributed by atoms with Crippen LogP contribution in [0.2, 0.25) is 0 Å². The fraction of sp³-hybridized carbons (Fsp3) is 0.556. The van der Waals surface area contributed by atoms with Crippen LogP contribution in [0.5, 0.6) is 0 Å². The van der Waals surface area contributed by atoms with Crippen LogP contribution in [0, 0.1) is 0 Å². The third-order valence-corrected chi connectivity index (χ3v) is 4.30. The number of nitrogens with zero attached hydrogens (tertiary/aromatic N) is 4. The molecule has 0 saturated carbocycles. The Balaban J connectivity index is 1.67. The SMILES string of the molecule is CC(=O)OC[C@H]1OC(OCON(C)c2ncnc3nc[nH]c23)[C@@H](OC(C)=O)[C@@H]1OC(C)=O. The second-order valence-corrected chi connectivity index (χ2v) is 6.70. The molecule has 32 heavy (non-hydrogen) atoms. The number of rotatable bonds is 9. The zero-order valence-corrected chi connectivity index (χ0v) is 17.8. The van der Waals surface area contributed by atoms with E-state index in [4.69, 9.17) is 28.5 Å². The van der Waals surface area contributed by atoms with Crippen LogP contribution < -0.4 is 5.06 Å². The number of H-pyrrole nitrogens is 1. The van der Waals surface area contributed by atoms with Crippen molar-refractivity contribution >= 4 is 34.9 Å². The number of anilines is 1. The first-order valence-electron chi connectivity index (χ1n) is 9.52. The van der Waals surface area contributed by atoms with Gasteiger partial charge in [0, 0.05) is 27.8 Å². The standard InChI is InChI=1S/C18H23N5O9/c1-9(24)27-5-12-14(30-10(2)25)15(31-11(3)26)18(32-12)28-8-29-23(4)17-13-16(20-6-19-13)21-7-22-17/h6-7,12,14-15,18H,5,8H2,1-4H3,(H,19,20,21,22)/t12-,14-,15+,18?/m1/s1. The second kappa shape index (κ2) is 10.3. The molecule has 3 rings (SSSR count). The molecule has 0 aromatic carbocycles. The number of nitrogens with one attached hydrogen (secondary N) is 1. The maximum Gasteiger partial charge on any atom is 0.303 e. The van der Waals surface area contributed by atoms with Crippen molar-refractivity contribution in [3.63, 3.8) is 0 Å². The van der Waals surface area contributed by atoms with Gasteiger partial charge in [-0.2, -0.15) is 0 Å². The molecule has 4 atom stereocenters. The third kappa shape index (κ3) is 5.66. The molecule has 0 radical (unpaired) electrons.